The van der Waals surface area contributed by atoms with Crippen molar-refractivity contribution < 1.29 is 157 Å². The molecular formula is C18H22Ac3O5. The fourth-order valence-corrected chi connectivity index (χ4v) is 2.99. The standard InChI is InChI=1S/C18H22O5.3Ac/c1-11-16(20)18(17(21)15(9-19)23-11)22-10-12-6-7-13-4-2-3-5-14(13)8-12;;;/h2-8,11,15-21H,9-10H2,1H3;;;/t11-,15?,16?,17-,18+;;;/m0.../s1. The maximum absolute atomic E-state index is 10.2. The molecule has 3 radical (unpaired) electrons. The predicted molar refractivity (Wildman–Crippen MR) is 86.0 cm³/mol. The van der Waals surface area contributed by atoms with Gasteiger partial charge in [0.05, 0.1) is 19.3 Å². The first-order valence-corrected chi connectivity index (χ1v) is 7.82. The number of benzene rings is 2. The predicted octanol–water partition coefficient (Wildman–Crippen LogP) is 1.23. The Bertz CT molecular complexity index is 672. The Balaban J connectivity index is 0.00000208. The molecular weight excluding hydrogens is 977 g/mol. The monoisotopic (exact) mass is 999 g/mol. The van der Waals surface area contributed by atoms with Crippen LogP contribution < -0.4 is 0 Å². The van der Waals surface area contributed by atoms with E-state index >= 15 is 0 Å². The minimum absolute atomic E-state index is 0. The van der Waals surface area contributed by atoms with Gasteiger partial charge in [0.25, 0.3) is 0 Å². The summed E-state index contributed by atoms with van der Waals surface area (Å²) >= 11 is 0. The first kappa shape index (κ1) is 28.8. The summed E-state index contributed by atoms with van der Waals surface area (Å²) in [6.07, 6.45) is -4.03. The molecule has 133 valence electrons. The van der Waals surface area contributed by atoms with E-state index in [9.17, 15) is 15.3 Å². The summed E-state index contributed by atoms with van der Waals surface area (Å²) in [6.45, 7) is 1.66. The fourth-order valence-electron chi connectivity index (χ4n) is 2.99. The van der Waals surface area contributed by atoms with E-state index in [4.69, 9.17) is 9.47 Å². The molecule has 1 fully saturated rings. The molecule has 0 aromatic heterocycles. The van der Waals surface area contributed by atoms with Crippen LogP contribution in [0.15, 0.2) is 42.5 Å². The molecule has 3 N–H and O–H groups in total. The van der Waals surface area contributed by atoms with Gasteiger partial charge in [-0.1, -0.05) is 36.4 Å². The van der Waals surface area contributed by atoms with Gasteiger partial charge in [0, 0.05) is 132 Å². The zero-order chi connectivity index (χ0) is 16.4. The van der Waals surface area contributed by atoms with Crippen LogP contribution in [0.3, 0.4) is 0 Å². The number of aliphatic hydroxyl groups excluding tert-OH is 3. The average molecular weight is 999 g/mol. The van der Waals surface area contributed by atoms with Crippen LogP contribution in [-0.2, 0) is 16.1 Å². The number of ether oxygens (including phenoxy) is 2. The van der Waals surface area contributed by atoms with Gasteiger partial charge in [-0.25, -0.2) is 0 Å². The minimum atomic E-state index is -1.06. The van der Waals surface area contributed by atoms with Gasteiger partial charge in [0.15, 0.2) is 0 Å². The average Bonchev–Trinajstić information content (AvgIpc) is 2.58. The van der Waals surface area contributed by atoms with E-state index in [1.165, 1.54) is 0 Å². The van der Waals surface area contributed by atoms with Crippen LogP contribution in [-0.4, -0.2) is 52.4 Å². The summed E-state index contributed by atoms with van der Waals surface area (Å²) in [7, 11) is 0. The molecule has 0 saturated carbocycles. The fraction of sp³-hybridized carbons (Fsp3) is 0.444. The Morgan fingerprint density at radius 1 is 0.962 bits per heavy atom. The zero-order valence-electron chi connectivity index (χ0n) is 14.7. The van der Waals surface area contributed by atoms with Gasteiger partial charge < -0.3 is 24.8 Å². The van der Waals surface area contributed by atoms with E-state index in [1.54, 1.807) is 6.92 Å². The van der Waals surface area contributed by atoms with Crippen molar-refractivity contribution in [2.45, 2.75) is 44.1 Å². The zero-order valence-corrected chi connectivity index (χ0v) is 29.0. The Morgan fingerprint density at radius 3 is 2.27 bits per heavy atom. The molecule has 1 aliphatic heterocycles. The topological polar surface area (TPSA) is 79.2 Å². The molecule has 26 heavy (non-hydrogen) atoms. The molecule has 5 nitrogen and oxygen atoms in total. The van der Waals surface area contributed by atoms with Gasteiger partial charge in [0.2, 0.25) is 0 Å². The van der Waals surface area contributed by atoms with Crippen LogP contribution in [0.5, 0.6) is 0 Å². The molecule has 1 heterocycles. The van der Waals surface area contributed by atoms with E-state index in [2.05, 4.69) is 0 Å². The van der Waals surface area contributed by atoms with Crippen molar-refractivity contribution in [2.24, 2.45) is 0 Å². The first-order valence-electron chi connectivity index (χ1n) is 7.82. The van der Waals surface area contributed by atoms with Crippen LogP contribution >= 0.6 is 0 Å². The van der Waals surface area contributed by atoms with Crippen molar-refractivity contribution in [3.8, 4) is 0 Å². The summed E-state index contributed by atoms with van der Waals surface area (Å²) in [5.41, 5.74) is 0.961. The molecule has 2 unspecified atom stereocenters. The Hall–Kier alpha value is 2.82. The first-order chi connectivity index (χ1) is 11.1. The maximum Gasteiger partial charge on any atom is 0.115 e. The van der Waals surface area contributed by atoms with E-state index < -0.39 is 30.5 Å². The molecule has 0 aliphatic carbocycles. The van der Waals surface area contributed by atoms with Crippen molar-refractivity contribution in [3.05, 3.63) is 48.0 Å². The van der Waals surface area contributed by atoms with Gasteiger partial charge in [-0.05, 0) is 29.3 Å². The third-order valence-electron chi connectivity index (χ3n) is 4.36. The largest absolute Gasteiger partial charge is 0.394 e. The second-order valence-corrected chi connectivity index (χ2v) is 6.00. The summed E-state index contributed by atoms with van der Waals surface area (Å²) in [6, 6.07) is 14.0. The van der Waals surface area contributed by atoms with Crippen LogP contribution in [0.2, 0.25) is 0 Å². The molecule has 0 amide bonds. The SMILES string of the molecule is C[C@@H]1OC(CO)[C@H](O)[C@H](OCc2ccc3ccccc3c2)C1O.[Ac].[Ac].[Ac]. The molecule has 2 aromatic carbocycles. The number of hydrogen-bond donors (Lipinski definition) is 3. The Labute approximate surface area is 261 Å². The van der Waals surface area contributed by atoms with E-state index in [1.807, 2.05) is 42.5 Å². The second kappa shape index (κ2) is 14.0. The molecule has 0 bridgehead atoms. The van der Waals surface area contributed by atoms with Crippen LogP contribution in [0.25, 0.3) is 10.8 Å². The number of aliphatic hydroxyl groups is 3. The van der Waals surface area contributed by atoms with E-state index in [-0.39, 0.29) is 145 Å². The second-order valence-electron chi connectivity index (χ2n) is 6.00. The molecule has 1 saturated heterocycles. The van der Waals surface area contributed by atoms with Crippen molar-refractivity contribution in [1.29, 1.82) is 0 Å². The third kappa shape index (κ3) is 7.21. The van der Waals surface area contributed by atoms with Crippen molar-refractivity contribution >= 4 is 10.8 Å². The Kier molecular flexibility index (Phi) is 15.5. The van der Waals surface area contributed by atoms with Crippen LogP contribution in [0.1, 0.15) is 12.5 Å². The van der Waals surface area contributed by atoms with Crippen molar-refractivity contribution in [2.75, 3.05) is 6.61 Å². The summed E-state index contributed by atoms with van der Waals surface area (Å²) < 4.78 is 11.1. The minimum Gasteiger partial charge on any atom is -0.394 e. The van der Waals surface area contributed by atoms with Gasteiger partial charge in [-0.15, -0.1) is 0 Å². The third-order valence-corrected chi connectivity index (χ3v) is 4.36. The van der Waals surface area contributed by atoms with Gasteiger partial charge in [0.1, 0.15) is 24.4 Å². The van der Waals surface area contributed by atoms with Gasteiger partial charge in [-0.2, -0.15) is 0 Å². The normalized spacial score (nSPS) is 27.8. The molecule has 1 aliphatic rings. The maximum atomic E-state index is 10.2. The summed E-state index contributed by atoms with van der Waals surface area (Å²) in [4.78, 5) is 0. The molecule has 0 spiro atoms. The number of fused-ring (bicyclic) bond motifs is 1. The number of hydrogen-bond acceptors (Lipinski definition) is 5. The molecule has 3 rings (SSSR count). The van der Waals surface area contributed by atoms with Crippen LogP contribution in [0, 0.1) is 132 Å². The van der Waals surface area contributed by atoms with Gasteiger partial charge in [-0.3, -0.25) is 0 Å². The van der Waals surface area contributed by atoms with Crippen molar-refractivity contribution in [3.63, 3.8) is 0 Å². The van der Waals surface area contributed by atoms with Crippen LogP contribution in [0.4, 0.5) is 0 Å². The molecule has 5 atom stereocenters. The molecule has 2 aromatic rings. The van der Waals surface area contributed by atoms with E-state index in [0.29, 0.717) is 0 Å². The quantitative estimate of drug-likeness (QED) is 0.431. The molecule has 8 heteroatoms. The number of rotatable bonds is 4. The van der Waals surface area contributed by atoms with Gasteiger partial charge >= 0.3 is 0 Å². The summed E-state index contributed by atoms with van der Waals surface area (Å²) in [5, 5.41) is 31.9. The Morgan fingerprint density at radius 2 is 1.62 bits per heavy atom. The van der Waals surface area contributed by atoms with Crippen molar-refractivity contribution in [1.82, 2.24) is 0 Å². The summed E-state index contributed by atoms with van der Waals surface area (Å²) in [5.74, 6) is 0. The van der Waals surface area contributed by atoms with E-state index in [0.717, 1.165) is 16.3 Å². The smallest absolute Gasteiger partial charge is 0.115 e.